The maximum Gasteiger partial charge on any atom is 0.320 e. The summed E-state index contributed by atoms with van der Waals surface area (Å²) in [5.74, 6) is -2.19. The summed E-state index contributed by atoms with van der Waals surface area (Å²) in [6, 6.07) is -0.776. The minimum atomic E-state index is -0.999. The molecule has 0 aromatic heterocycles. The molecule has 0 aliphatic carbocycles. The van der Waals surface area contributed by atoms with E-state index in [-0.39, 0.29) is 18.9 Å². The first kappa shape index (κ1) is 14.6. The quantitative estimate of drug-likeness (QED) is 0.488. The van der Waals surface area contributed by atoms with Gasteiger partial charge in [0.15, 0.2) is 5.78 Å². The molecule has 0 radical (unpaired) electrons. The average molecular weight is 230 g/mol. The Morgan fingerprint density at radius 1 is 1.38 bits per heavy atom. The first-order valence-corrected chi connectivity index (χ1v) is 5.14. The zero-order valence-corrected chi connectivity index (χ0v) is 9.53. The Balaban J connectivity index is 4.17. The predicted molar refractivity (Wildman–Crippen MR) is 57.7 cm³/mol. The molecule has 6 nitrogen and oxygen atoms in total. The van der Waals surface area contributed by atoms with Crippen LogP contribution in [0.4, 0.5) is 0 Å². The number of nitrogens with two attached hydrogens (primary N) is 1. The molecular formula is C10H18N2O4. The predicted octanol–water partition coefficient (Wildman–Crippen LogP) is -0.480. The van der Waals surface area contributed by atoms with Crippen molar-refractivity contribution in [3.05, 3.63) is 0 Å². The van der Waals surface area contributed by atoms with Gasteiger partial charge in [-0.3, -0.25) is 19.7 Å². The number of nitrogens with one attached hydrogen (secondary N) is 1. The van der Waals surface area contributed by atoms with Crippen molar-refractivity contribution in [3.63, 3.8) is 0 Å². The Morgan fingerprint density at radius 2 is 1.94 bits per heavy atom. The van der Waals surface area contributed by atoms with E-state index in [9.17, 15) is 14.4 Å². The highest BCUT2D eigenvalue weighted by molar-refractivity contribution is 5.98. The fraction of sp³-hybridized carbons (Fsp3) is 0.700. The average Bonchev–Trinajstić information content (AvgIpc) is 2.15. The van der Waals surface area contributed by atoms with Crippen LogP contribution in [0, 0.1) is 5.92 Å². The largest absolute Gasteiger partial charge is 0.480 e. The third-order valence-electron chi connectivity index (χ3n) is 2.37. The summed E-state index contributed by atoms with van der Waals surface area (Å²) in [5, 5.41) is 11.5. The molecular weight excluding hydrogens is 212 g/mol. The summed E-state index contributed by atoms with van der Waals surface area (Å²) in [5.41, 5.74) is 4.84. The van der Waals surface area contributed by atoms with Gasteiger partial charge < -0.3 is 10.8 Å². The fourth-order valence-corrected chi connectivity index (χ4v) is 1.25. The molecule has 16 heavy (non-hydrogen) atoms. The lowest BCUT2D eigenvalue weighted by Crippen LogP contribution is -2.44. The molecule has 0 aromatic carbocycles. The third-order valence-corrected chi connectivity index (χ3v) is 2.37. The van der Waals surface area contributed by atoms with Crippen LogP contribution in [-0.4, -0.2) is 35.4 Å². The highest BCUT2D eigenvalue weighted by Gasteiger charge is 2.23. The van der Waals surface area contributed by atoms with Crippen molar-refractivity contribution < 1.29 is 19.5 Å². The van der Waals surface area contributed by atoms with Crippen molar-refractivity contribution in [3.8, 4) is 0 Å². The molecule has 0 saturated carbocycles. The minimum absolute atomic E-state index is 0.0844. The number of hydrogen-bond acceptors (Lipinski definition) is 4. The monoisotopic (exact) mass is 230 g/mol. The molecule has 4 N–H and O–H groups in total. The van der Waals surface area contributed by atoms with Gasteiger partial charge in [0, 0.05) is 0 Å². The van der Waals surface area contributed by atoms with Crippen LogP contribution in [0.1, 0.15) is 26.7 Å². The summed E-state index contributed by atoms with van der Waals surface area (Å²) in [4.78, 5) is 32.4. The standard InChI is InChI=1S/C10H18N2O4/c1-3-6(2)9(10(15)16)12-5-7(13)4-8(11)14/h6,9,12H,3-5H2,1-2H3,(H2,11,14)(H,15,16)/t6-,9-/m0/s1. The van der Waals surface area contributed by atoms with Crippen LogP contribution < -0.4 is 11.1 Å². The normalized spacial score (nSPS) is 14.1. The Labute approximate surface area is 94.2 Å². The van der Waals surface area contributed by atoms with E-state index < -0.39 is 23.7 Å². The van der Waals surface area contributed by atoms with E-state index >= 15 is 0 Å². The van der Waals surface area contributed by atoms with Crippen molar-refractivity contribution in [2.75, 3.05) is 6.54 Å². The summed E-state index contributed by atoms with van der Waals surface area (Å²) < 4.78 is 0. The summed E-state index contributed by atoms with van der Waals surface area (Å²) in [6.45, 7) is 3.50. The maximum absolute atomic E-state index is 11.1. The Hall–Kier alpha value is -1.43. The van der Waals surface area contributed by atoms with Crippen LogP contribution in [0.5, 0.6) is 0 Å². The second-order valence-corrected chi connectivity index (χ2v) is 3.76. The zero-order chi connectivity index (χ0) is 12.7. The summed E-state index contributed by atoms with van der Waals surface area (Å²) in [6.07, 6.45) is 0.327. The molecule has 6 heteroatoms. The van der Waals surface area contributed by atoms with Crippen LogP contribution >= 0.6 is 0 Å². The lowest BCUT2D eigenvalue weighted by Gasteiger charge is -2.19. The highest BCUT2D eigenvalue weighted by Crippen LogP contribution is 2.07. The highest BCUT2D eigenvalue weighted by atomic mass is 16.4. The number of carboxylic acid groups (broad SMARTS) is 1. The van der Waals surface area contributed by atoms with E-state index in [0.717, 1.165) is 0 Å². The van der Waals surface area contributed by atoms with Gasteiger partial charge in [-0.15, -0.1) is 0 Å². The molecule has 1 amide bonds. The van der Waals surface area contributed by atoms with Gasteiger partial charge in [-0.1, -0.05) is 20.3 Å². The first-order valence-electron chi connectivity index (χ1n) is 5.14. The smallest absolute Gasteiger partial charge is 0.320 e. The van der Waals surface area contributed by atoms with Crippen LogP contribution in [0.3, 0.4) is 0 Å². The number of carbonyl (C=O) groups is 3. The topological polar surface area (TPSA) is 109 Å². The number of carbonyl (C=O) groups excluding carboxylic acids is 2. The number of amides is 1. The minimum Gasteiger partial charge on any atom is -0.480 e. The molecule has 92 valence electrons. The molecule has 0 aromatic rings. The van der Waals surface area contributed by atoms with E-state index in [0.29, 0.717) is 6.42 Å². The van der Waals surface area contributed by atoms with Gasteiger partial charge in [0.2, 0.25) is 5.91 Å². The van der Waals surface area contributed by atoms with Crippen molar-refractivity contribution in [2.45, 2.75) is 32.7 Å². The van der Waals surface area contributed by atoms with Gasteiger partial charge in [0.1, 0.15) is 6.04 Å². The Kier molecular flexibility index (Phi) is 6.32. The van der Waals surface area contributed by atoms with Gasteiger partial charge in [-0.05, 0) is 5.92 Å². The summed E-state index contributed by atoms with van der Waals surface area (Å²) >= 11 is 0. The van der Waals surface area contributed by atoms with Gasteiger partial charge in [-0.2, -0.15) is 0 Å². The lowest BCUT2D eigenvalue weighted by molar-refractivity contribution is -0.140. The second-order valence-electron chi connectivity index (χ2n) is 3.76. The first-order chi connectivity index (χ1) is 7.38. The van der Waals surface area contributed by atoms with E-state index in [2.05, 4.69) is 5.32 Å². The molecule has 0 aliphatic rings. The molecule has 0 unspecified atom stereocenters. The molecule has 0 spiro atoms. The Morgan fingerprint density at radius 3 is 2.31 bits per heavy atom. The van der Waals surface area contributed by atoms with E-state index in [1.54, 1.807) is 6.92 Å². The van der Waals surface area contributed by atoms with Crippen LogP contribution in [-0.2, 0) is 14.4 Å². The van der Waals surface area contributed by atoms with Crippen molar-refractivity contribution in [1.82, 2.24) is 5.32 Å². The van der Waals surface area contributed by atoms with Gasteiger partial charge >= 0.3 is 5.97 Å². The van der Waals surface area contributed by atoms with Gasteiger partial charge in [0.25, 0.3) is 0 Å². The number of Topliss-reactive ketones (excluding diaryl/α,β-unsaturated/α-hetero) is 1. The number of rotatable bonds is 8. The number of hydrogen-bond donors (Lipinski definition) is 3. The van der Waals surface area contributed by atoms with Crippen LogP contribution in [0.15, 0.2) is 0 Å². The number of carboxylic acids is 1. The van der Waals surface area contributed by atoms with Crippen LogP contribution in [0.25, 0.3) is 0 Å². The molecule has 0 aliphatic heterocycles. The zero-order valence-electron chi connectivity index (χ0n) is 9.53. The number of aliphatic carboxylic acids is 1. The Bertz CT molecular complexity index is 278. The molecule has 0 rings (SSSR count). The number of ketones is 1. The fourth-order valence-electron chi connectivity index (χ4n) is 1.25. The SMILES string of the molecule is CC[C@H](C)[C@H](NCC(=O)CC(N)=O)C(=O)O. The van der Waals surface area contributed by atoms with E-state index in [1.807, 2.05) is 6.92 Å². The third kappa shape index (κ3) is 5.45. The van der Waals surface area contributed by atoms with Gasteiger partial charge in [-0.25, -0.2) is 0 Å². The van der Waals surface area contributed by atoms with E-state index in [4.69, 9.17) is 10.8 Å². The van der Waals surface area contributed by atoms with Crippen molar-refractivity contribution in [1.29, 1.82) is 0 Å². The maximum atomic E-state index is 11.1. The number of primary amides is 1. The molecule has 0 fully saturated rings. The summed E-state index contributed by atoms with van der Waals surface area (Å²) in [7, 11) is 0. The lowest BCUT2D eigenvalue weighted by atomic mass is 9.99. The second kappa shape index (κ2) is 6.95. The molecule has 0 saturated heterocycles. The van der Waals surface area contributed by atoms with Crippen molar-refractivity contribution in [2.24, 2.45) is 11.7 Å². The molecule has 2 atom stereocenters. The molecule has 0 bridgehead atoms. The van der Waals surface area contributed by atoms with Crippen molar-refractivity contribution >= 4 is 17.7 Å². The van der Waals surface area contributed by atoms with Gasteiger partial charge in [0.05, 0.1) is 13.0 Å². The van der Waals surface area contributed by atoms with E-state index in [1.165, 1.54) is 0 Å². The molecule has 0 heterocycles. The van der Waals surface area contributed by atoms with Crippen LogP contribution in [0.2, 0.25) is 0 Å².